The second-order valence-corrected chi connectivity index (χ2v) is 5.81. The Hall–Kier alpha value is -1.59. The molecule has 20 heavy (non-hydrogen) atoms. The quantitative estimate of drug-likeness (QED) is 0.931. The van der Waals surface area contributed by atoms with E-state index in [9.17, 15) is 4.79 Å². The monoisotopic (exact) mass is 310 g/mol. The Bertz CT molecular complexity index is 640. The van der Waals surface area contributed by atoms with Crippen LogP contribution >= 0.6 is 22.9 Å². The Morgan fingerprint density at radius 2 is 2.25 bits per heavy atom. The Morgan fingerprint density at radius 3 is 2.85 bits per heavy atom. The van der Waals surface area contributed by atoms with Crippen LogP contribution in [0.3, 0.4) is 0 Å². The Labute approximate surface area is 126 Å². The number of nitrogens with zero attached hydrogens (tertiary/aromatic N) is 1. The first-order valence-electron chi connectivity index (χ1n) is 6.16. The van der Waals surface area contributed by atoms with Crippen molar-refractivity contribution in [3.8, 4) is 5.75 Å². The van der Waals surface area contributed by atoms with Crippen molar-refractivity contribution in [1.29, 1.82) is 0 Å². The van der Waals surface area contributed by atoms with Crippen LogP contribution in [0.4, 0.5) is 5.13 Å². The van der Waals surface area contributed by atoms with Gasteiger partial charge in [0.1, 0.15) is 5.75 Å². The number of amides is 1. The molecule has 0 bridgehead atoms. The number of halogens is 1. The molecule has 0 saturated carbocycles. The van der Waals surface area contributed by atoms with Gasteiger partial charge >= 0.3 is 0 Å². The molecule has 0 aliphatic rings. The van der Waals surface area contributed by atoms with Crippen molar-refractivity contribution in [3.63, 3.8) is 0 Å². The summed E-state index contributed by atoms with van der Waals surface area (Å²) in [5.41, 5.74) is 1.40. The maximum absolute atomic E-state index is 12.3. The predicted octanol–water partition coefficient (Wildman–Crippen LogP) is 3.93. The van der Waals surface area contributed by atoms with E-state index < -0.39 is 0 Å². The standard InChI is InChI=1S/C14H15ClN2O2S/c1-4-11-8(2)20-14(16-11)17-13(18)10-7-9(15)5-6-12(10)19-3/h5-7H,4H2,1-3H3,(H,16,17,18). The van der Waals surface area contributed by atoms with Gasteiger partial charge in [-0.15, -0.1) is 11.3 Å². The summed E-state index contributed by atoms with van der Waals surface area (Å²) in [6.07, 6.45) is 0.846. The number of carbonyl (C=O) groups excluding carboxylic acids is 1. The fraction of sp³-hybridized carbons (Fsp3) is 0.286. The number of ether oxygens (including phenoxy) is 1. The first-order chi connectivity index (χ1) is 9.55. The number of carbonyl (C=O) groups is 1. The number of methoxy groups -OCH3 is 1. The van der Waals surface area contributed by atoms with Crippen molar-refractivity contribution in [2.24, 2.45) is 0 Å². The lowest BCUT2D eigenvalue weighted by Crippen LogP contribution is -2.13. The number of aryl methyl sites for hydroxylation is 2. The van der Waals surface area contributed by atoms with Gasteiger partial charge in [-0.2, -0.15) is 0 Å². The SMILES string of the molecule is CCc1nc(NC(=O)c2cc(Cl)ccc2OC)sc1C. The van der Waals surface area contributed by atoms with Gasteiger partial charge in [0.2, 0.25) is 0 Å². The molecular weight excluding hydrogens is 296 g/mol. The van der Waals surface area contributed by atoms with Crippen LogP contribution in [-0.4, -0.2) is 18.0 Å². The summed E-state index contributed by atoms with van der Waals surface area (Å²) in [6, 6.07) is 4.93. The molecule has 0 aliphatic heterocycles. The largest absolute Gasteiger partial charge is 0.496 e. The number of hydrogen-bond donors (Lipinski definition) is 1. The molecule has 1 aromatic heterocycles. The van der Waals surface area contributed by atoms with E-state index in [2.05, 4.69) is 10.3 Å². The van der Waals surface area contributed by atoms with E-state index in [1.54, 1.807) is 18.2 Å². The molecule has 2 rings (SSSR count). The molecule has 0 saturated heterocycles. The van der Waals surface area contributed by atoms with Crippen molar-refractivity contribution in [3.05, 3.63) is 39.4 Å². The summed E-state index contributed by atoms with van der Waals surface area (Å²) in [5, 5.41) is 3.86. The summed E-state index contributed by atoms with van der Waals surface area (Å²) in [7, 11) is 1.52. The van der Waals surface area contributed by atoms with E-state index in [1.807, 2.05) is 13.8 Å². The highest BCUT2D eigenvalue weighted by Crippen LogP contribution is 2.26. The van der Waals surface area contributed by atoms with E-state index in [1.165, 1.54) is 18.4 Å². The molecule has 0 spiro atoms. The number of hydrogen-bond acceptors (Lipinski definition) is 4. The molecule has 106 valence electrons. The van der Waals surface area contributed by atoms with Crippen LogP contribution in [0.15, 0.2) is 18.2 Å². The van der Waals surface area contributed by atoms with Crippen molar-refractivity contribution < 1.29 is 9.53 Å². The van der Waals surface area contributed by atoms with E-state index in [0.29, 0.717) is 21.5 Å². The van der Waals surface area contributed by atoms with E-state index in [-0.39, 0.29) is 5.91 Å². The van der Waals surface area contributed by atoms with Gasteiger partial charge in [0.05, 0.1) is 18.4 Å². The lowest BCUT2D eigenvalue weighted by atomic mass is 10.2. The van der Waals surface area contributed by atoms with Gasteiger partial charge in [0.15, 0.2) is 5.13 Å². The third kappa shape index (κ3) is 3.11. The van der Waals surface area contributed by atoms with Crippen LogP contribution in [0.1, 0.15) is 27.9 Å². The van der Waals surface area contributed by atoms with Crippen LogP contribution in [0.2, 0.25) is 5.02 Å². The fourth-order valence-electron chi connectivity index (χ4n) is 1.83. The van der Waals surface area contributed by atoms with Crippen molar-refractivity contribution in [2.45, 2.75) is 20.3 Å². The highest BCUT2D eigenvalue weighted by atomic mass is 35.5. The second kappa shape index (κ2) is 6.24. The van der Waals surface area contributed by atoms with Gasteiger partial charge in [-0.3, -0.25) is 10.1 Å². The minimum atomic E-state index is -0.277. The summed E-state index contributed by atoms with van der Waals surface area (Å²) in [4.78, 5) is 17.8. The highest BCUT2D eigenvalue weighted by molar-refractivity contribution is 7.15. The molecule has 1 N–H and O–H groups in total. The molecule has 0 atom stereocenters. The second-order valence-electron chi connectivity index (χ2n) is 4.17. The van der Waals surface area contributed by atoms with E-state index in [0.717, 1.165) is 17.0 Å². The number of rotatable bonds is 4. The summed E-state index contributed by atoms with van der Waals surface area (Å²) in [6.45, 7) is 4.03. The lowest BCUT2D eigenvalue weighted by Gasteiger charge is -2.08. The van der Waals surface area contributed by atoms with Crippen LogP contribution in [0, 0.1) is 6.92 Å². The molecule has 0 fully saturated rings. The average Bonchev–Trinajstić information content (AvgIpc) is 2.78. The van der Waals surface area contributed by atoms with Gasteiger partial charge < -0.3 is 4.74 Å². The molecular formula is C14H15ClN2O2S. The van der Waals surface area contributed by atoms with Crippen molar-refractivity contribution >= 4 is 34.0 Å². The van der Waals surface area contributed by atoms with E-state index in [4.69, 9.17) is 16.3 Å². The lowest BCUT2D eigenvalue weighted by molar-refractivity contribution is 0.102. The van der Waals surface area contributed by atoms with Gasteiger partial charge in [0, 0.05) is 9.90 Å². The third-order valence-electron chi connectivity index (χ3n) is 2.85. The third-order valence-corrected chi connectivity index (χ3v) is 4.02. The zero-order valence-corrected chi connectivity index (χ0v) is 13.1. The van der Waals surface area contributed by atoms with Crippen LogP contribution < -0.4 is 10.1 Å². The molecule has 0 aliphatic carbocycles. The number of nitrogens with one attached hydrogen (secondary N) is 1. The molecule has 1 amide bonds. The summed E-state index contributed by atoms with van der Waals surface area (Å²) >= 11 is 7.39. The molecule has 4 nitrogen and oxygen atoms in total. The zero-order chi connectivity index (χ0) is 14.7. The zero-order valence-electron chi connectivity index (χ0n) is 11.5. The van der Waals surface area contributed by atoms with Crippen molar-refractivity contribution in [2.75, 3.05) is 12.4 Å². The van der Waals surface area contributed by atoms with Gasteiger partial charge in [-0.25, -0.2) is 4.98 Å². The molecule has 1 heterocycles. The summed E-state index contributed by atoms with van der Waals surface area (Å²) in [5.74, 6) is 0.205. The van der Waals surface area contributed by atoms with Crippen LogP contribution in [0.5, 0.6) is 5.75 Å². The maximum atomic E-state index is 12.3. The molecule has 0 unspecified atom stereocenters. The Kier molecular flexibility index (Phi) is 4.62. The van der Waals surface area contributed by atoms with Crippen molar-refractivity contribution in [1.82, 2.24) is 4.98 Å². The number of thiazole rings is 1. The Balaban J connectivity index is 2.25. The highest BCUT2D eigenvalue weighted by Gasteiger charge is 2.15. The molecule has 0 radical (unpaired) electrons. The Morgan fingerprint density at radius 1 is 1.50 bits per heavy atom. The average molecular weight is 311 g/mol. The first-order valence-corrected chi connectivity index (χ1v) is 7.35. The number of aromatic nitrogens is 1. The van der Waals surface area contributed by atoms with Crippen LogP contribution in [-0.2, 0) is 6.42 Å². The summed E-state index contributed by atoms with van der Waals surface area (Å²) < 4.78 is 5.17. The normalized spacial score (nSPS) is 10.4. The topological polar surface area (TPSA) is 51.2 Å². The molecule has 6 heteroatoms. The smallest absolute Gasteiger partial charge is 0.261 e. The number of benzene rings is 1. The predicted molar refractivity (Wildman–Crippen MR) is 82.2 cm³/mol. The van der Waals surface area contributed by atoms with Gasteiger partial charge in [-0.05, 0) is 31.5 Å². The first kappa shape index (κ1) is 14.8. The fourth-order valence-corrected chi connectivity index (χ4v) is 2.90. The van der Waals surface area contributed by atoms with Crippen LogP contribution in [0.25, 0.3) is 0 Å². The molecule has 2 aromatic rings. The number of anilines is 1. The maximum Gasteiger partial charge on any atom is 0.261 e. The molecule has 1 aromatic carbocycles. The van der Waals surface area contributed by atoms with Gasteiger partial charge in [-0.1, -0.05) is 18.5 Å². The van der Waals surface area contributed by atoms with Gasteiger partial charge in [0.25, 0.3) is 5.91 Å². The van der Waals surface area contributed by atoms with E-state index >= 15 is 0 Å². The minimum absolute atomic E-state index is 0.277. The minimum Gasteiger partial charge on any atom is -0.496 e.